The molecule has 2 amide bonds. The third-order valence-electron chi connectivity index (χ3n) is 1.00. The number of carbonyl (C=O) groups excluding carboxylic acids is 1. The molecule has 0 bridgehead atoms. The Bertz CT molecular complexity index is 159. The number of nitrogens with one attached hydrogen (secondary N) is 1. The summed E-state index contributed by atoms with van der Waals surface area (Å²) >= 11 is 0. The maximum absolute atomic E-state index is 10.0. The van der Waals surface area contributed by atoms with Gasteiger partial charge in [0.1, 0.15) is 0 Å². The van der Waals surface area contributed by atoms with Gasteiger partial charge in [0.25, 0.3) is 0 Å². The van der Waals surface area contributed by atoms with Gasteiger partial charge in [-0.3, -0.25) is 0 Å². The van der Waals surface area contributed by atoms with Crippen LogP contribution in [-0.2, 0) is 4.79 Å². The second-order valence-corrected chi connectivity index (χ2v) is 1.93. The second kappa shape index (κ2) is 4.51. The van der Waals surface area contributed by atoms with Crippen LogP contribution >= 0.6 is 0 Å². The van der Waals surface area contributed by atoms with E-state index in [0.29, 0.717) is 0 Å². The van der Waals surface area contributed by atoms with Crippen molar-refractivity contribution in [1.29, 1.82) is 0 Å². The quantitative estimate of drug-likeness (QED) is 0.402. The van der Waals surface area contributed by atoms with Crippen LogP contribution < -0.4 is 11.1 Å². The number of nitrogens with two attached hydrogens (primary N) is 1. The summed E-state index contributed by atoms with van der Waals surface area (Å²) in [5.41, 5.74) is 4.68. The summed E-state index contributed by atoms with van der Waals surface area (Å²) in [6.45, 7) is 0.0583. The van der Waals surface area contributed by atoms with Crippen LogP contribution in [0, 0.1) is 0 Å². The van der Waals surface area contributed by atoms with Crippen molar-refractivity contribution < 1.29 is 19.8 Å². The maximum Gasteiger partial charge on any atom is 0.332 e. The standard InChI is InChI=1S/C5H10N2O4/c6-5(11)7-2-1-3(8)4(9)10/h3,8H,1-2H2,(H,9,10)(H3,6,7,11). The van der Waals surface area contributed by atoms with E-state index in [0.717, 1.165) is 0 Å². The number of carbonyl (C=O) groups is 2. The molecule has 0 aliphatic heterocycles. The second-order valence-electron chi connectivity index (χ2n) is 1.93. The van der Waals surface area contributed by atoms with Gasteiger partial charge in [-0.2, -0.15) is 0 Å². The lowest BCUT2D eigenvalue weighted by atomic mass is 10.2. The lowest BCUT2D eigenvalue weighted by Gasteiger charge is -2.04. The number of rotatable bonds is 4. The van der Waals surface area contributed by atoms with Gasteiger partial charge < -0.3 is 21.3 Å². The number of hydrogen-bond acceptors (Lipinski definition) is 3. The van der Waals surface area contributed by atoms with Crippen molar-refractivity contribution in [1.82, 2.24) is 5.32 Å². The number of aliphatic hydroxyl groups is 1. The van der Waals surface area contributed by atoms with Gasteiger partial charge >= 0.3 is 12.0 Å². The third kappa shape index (κ3) is 5.16. The van der Waals surface area contributed by atoms with E-state index < -0.39 is 18.1 Å². The fourth-order valence-electron chi connectivity index (χ4n) is 0.456. The Morgan fingerprint density at radius 2 is 2.09 bits per heavy atom. The number of amides is 2. The van der Waals surface area contributed by atoms with E-state index in [1.165, 1.54) is 0 Å². The van der Waals surface area contributed by atoms with E-state index in [1.807, 2.05) is 0 Å². The summed E-state index contributed by atoms with van der Waals surface area (Å²) < 4.78 is 0. The van der Waals surface area contributed by atoms with Crippen molar-refractivity contribution in [3.8, 4) is 0 Å². The molecule has 0 spiro atoms. The summed E-state index contributed by atoms with van der Waals surface area (Å²) in [5.74, 6) is -1.31. The number of urea groups is 1. The van der Waals surface area contributed by atoms with Crippen LogP contribution in [0.2, 0.25) is 0 Å². The molecule has 1 unspecified atom stereocenters. The molecule has 0 aromatic rings. The first-order chi connectivity index (χ1) is 5.04. The van der Waals surface area contributed by atoms with Crippen molar-refractivity contribution in [2.75, 3.05) is 6.54 Å². The van der Waals surface area contributed by atoms with Crippen molar-refractivity contribution in [3.05, 3.63) is 0 Å². The molecule has 0 saturated heterocycles. The van der Waals surface area contributed by atoms with E-state index >= 15 is 0 Å². The van der Waals surface area contributed by atoms with Gasteiger partial charge in [-0.15, -0.1) is 0 Å². The zero-order valence-corrected chi connectivity index (χ0v) is 5.78. The van der Waals surface area contributed by atoms with Crippen LogP contribution in [0.5, 0.6) is 0 Å². The van der Waals surface area contributed by atoms with E-state index in [4.69, 9.17) is 10.2 Å². The number of carboxylic acids is 1. The molecule has 0 fully saturated rings. The third-order valence-corrected chi connectivity index (χ3v) is 1.00. The lowest BCUT2D eigenvalue weighted by Crippen LogP contribution is -2.33. The van der Waals surface area contributed by atoms with Crippen molar-refractivity contribution in [2.24, 2.45) is 5.73 Å². The lowest BCUT2D eigenvalue weighted by molar-refractivity contribution is -0.146. The molecule has 0 aromatic carbocycles. The topological polar surface area (TPSA) is 113 Å². The number of aliphatic hydroxyl groups excluding tert-OH is 1. The maximum atomic E-state index is 10.0. The molecule has 11 heavy (non-hydrogen) atoms. The molecule has 0 aliphatic rings. The largest absolute Gasteiger partial charge is 0.479 e. The molecular formula is C5H10N2O4. The SMILES string of the molecule is NC(=O)NCCC(O)C(=O)O. The van der Waals surface area contributed by atoms with Gasteiger partial charge in [-0.05, 0) is 0 Å². The summed E-state index contributed by atoms with van der Waals surface area (Å²) in [7, 11) is 0. The minimum atomic E-state index is -1.44. The molecule has 6 nitrogen and oxygen atoms in total. The van der Waals surface area contributed by atoms with E-state index in [9.17, 15) is 9.59 Å². The Morgan fingerprint density at radius 1 is 1.55 bits per heavy atom. The Labute approximate surface area is 63.0 Å². The van der Waals surface area contributed by atoms with Crippen molar-refractivity contribution >= 4 is 12.0 Å². The summed E-state index contributed by atoms with van der Waals surface area (Å²) in [6.07, 6.45) is -1.49. The molecule has 64 valence electrons. The van der Waals surface area contributed by atoms with Gasteiger partial charge in [0.2, 0.25) is 0 Å². The number of carboxylic acid groups (broad SMARTS) is 1. The molecule has 0 heterocycles. The molecule has 1 atom stereocenters. The van der Waals surface area contributed by atoms with Crippen LogP contribution in [0.1, 0.15) is 6.42 Å². The Morgan fingerprint density at radius 3 is 2.45 bits per heavy atom. The highest BCUT2D eigenvalue weighted by molar-refractivity contribution is 5.73. The predicted molar refractivity (Wildman–Crippen MR) is 35.8 cm³/mol. The molecule has 0 aromatic heterocycles. The van der Waals surface area contributed by atoms with Crippen LogP contribution in [0.25, 0.3) is 0 Å². The Kier molecular flexibility index (Phi) is 3.97. The first kappa shape index (κ1) is 9.70. The molecule has 0 radical (unpaired) electrons. The molecule has 0 aliphatic carbocycles. The van der Waals surface area contributed by atoms with Crippen molar-refractivity contribution in [2.45, 2.75) is 12.5 Å². The summed E-state index contributed by atoms with van der Waals surface area (Å²) in [5, 5.41) is 18.9. The van der Waals surface area contributed by atoms with Crippen LogP contribution in [-0.4, -0.2) is 34.9 Å². The molecule has 0 saturated carbocycles. The van der Waals surface area contributed by atoms with Crippen LogP contribution in [0.4, 0.5) is 4.79 Å². The number of primary amides is 1. The first-order valence-corrected chi connectivity index (χ1v) is 2.98. The first-order valence-electron chi connectivity index (χ1n) is 2.98. The zero-order chi connectivity index (χ0) is 8.85. The fourth-order valence-corrected chi connectivity index (χ4v) is 0.456. The van der Waals surface area contributed by atoms with E-state index in [2.05, 4.69) is 11.1 Å². The van der Waals surface area contributed by atoms with Gasteiger partial charge in [0.05, 0.1) is 0 Å². The van der Waals surface area contributed by atoms with Crippen LogP contribution in [0.3, 0.4) is 0 Å². The van der Waals surface area contributed by atoms with E-state index in [1.54, 1.807) is 0 Å². The molecule has 6 heteroatoms. The van der Waals surface area contributed by atoms with Crippen LogP contribution in [0.15, 0.2) is 0 Å². The molecule has 0 rings (SSSR count). The summed E-state index contributed by atoms with van der Waals surface area (Å²) in [4.78, 5) is 20.0. The minimum absolute atomic E-state index is 0.0434. The van der Waals surface area contributed by atoms with Gasteiger partial charge in [0, 0.05) is 13.0 Å². The highest BCUT2D eigenvalue weighted by Gasteiger charge is 2.11. The average Bonchev–Trinajstić information content (AvgIpc) is 1.86. The van der Waals surface area contributed by atoms with Gasteiger partial charge in [0.15, 0.2) is 6.10 Å². The number of hydrogen-bond donors (Lipinski definition) is 4. The molecule has 5 N–H and O–H groups in total. The van der Waals surface area contributed by atoms with Gasteiger partial charge in [-0.1, -0.05) is 0 Å². The number of aliphatic carboxylic acids is 1. The van der Waals surface area contributed by atoms with E-state index in [-0.39, 0.29) is 13.0 Å². The molecular weight excluding hydrogens is 152 g/mol. The normalized spacial score (nSPS) is 12.1. The fraction of sp³-hybridized carbons (Fsp3) is 0.600. The smallest absolute Gasteiger partial charge is 0.332 e. The van der Waals surface area contributed by atoms with Crippen molar-refractivity contribution in [3.63, 3.8) is 0 Å². The minimum Gasteiger partial charge on any atom is -0.479 e. The Hall–Kier alpha value is -1.30. The predicted octanol–water partition coefficient (Wildman–Crippen LogP) is -1.51. The zero-order valence-electron chi connectivity index (χ0n) is 5.78. The Balaban J connectivity index is 3.39. The summed E-state index contributed by atoms with van der Waals surface area (Å²) in [6, 6.07) is -0.734. The van der Waals surface area contributed by atoms with Gasteiger partial charge in [-0.25, -0.2) is 9.59 Å². The highest BCUT2D eigenvalue weighted by Crippen LogP contribution is 1.88. The highest BCUT2D eigenvalue weighted by atomic mass is 16.4. The monoisotopic (exact) mass is 162 g/mol. The average molecular weight is 162 g/mol.